The summed E-state index contributed by atoms with van der Waals surface area (Å²) < 4.78 is 2.04. The van der Waals surface area contributed by atoms with Gasteiger partial charge in [0.2, 0.25) is 0 Å². The van der Waals surface area contributed by atoms with Crippen LogP contribution in [0.25, 0.3) is 0 Å². The van der Waals surface area contributed by atoms with E-state index in [0.717, 1.165) is 6.42 Å². The van der Waals surface area contributed by atoms with E-state index in [1.807, 2.05) is 11.6 Å². The summed E-state index contributed by atoms with van der Waals surface area (Å²) in [5.41, 5.74) is 1.40. The first kappa shape index (κ1) is 9.88. The van der Waals surface area contributed by atoms with Crippen LogP contribution < -0.4 is 28.5 Å². The fourth-order valence-electron chi connectivity index (χ4n) is 0.768. The Balaban J connectivity index is 0.000000810. The zero-order valence-electron chi connectivity index (χ0n) is 6.34. The van der Waals surface area contributed by atoms with Gasteiger partial charge in [0.05, 0.1) is 0 Å². The van der Waals surface area contributed by atoms with Crippen LogP contribution in [0.5, 0.6) is 0 Å². The minimum Gasteiger partial charge on any atom is -1.00 e. The smallest absolute Gasteiger partial charge is 0.168 e. The van der Waals surface area contributed by atoms with Gasteiger partial charge in [0, 0.05) is 12.1 Å². The van der Waals surface area contributed by atoms with Crippen molar-refractivity contribution in [3.05, 3.63) is 30.1 Å². The van der Waals surface area contributed by atoms with Crippen molar-refractivity contribution in [3.8, 4) is 0 Å². The Morgan fingerprint density at radius 3 is 2.20 bits per heavy atom. The first-order valence-corrected chi connectivity index (χ1v) is 3.27. The number of halogens is 1. The second-order valence-electron chi connectivity index (χ2n) is 2.23. The van der Waals surface area contributed by atoms with Crippen molar-refractivity contribution in [1.82, 2.24) is 0 Å². The van der Waals surface area contributed by atoms with Crippen molar-refractivity contribution in [2.45, 2.75) is 13.3 Å². The third-order valence-corrected chi connectivity index (χ3v) is 1.46. The molecule has 0 saturated heterocycles. The van der Waals surface area contributed by atoms with Gasteiger partial charge in [-0.1, -0.05) is 6.92 Å². The summed E-state index contributed by atoms with van der Waals surface area (Å²) in [6, 6.07) is 4.28. The Morgan fingerprint density at radius 2 is 1.80 bits per heavy atom. The van der Waals surface area contributed by atoms with E-state index in [9.17, 15) is 0 Å². The van der Waals surface area contributed by atoms with Crippen molar-refractivity contribution in [3.63, 3.8) is 0 Å². The molecule has 0 aliphatic rings. The molecular weight excluding hydrogens is 237 g/mol. The second-order valence-corrected chi connectivity index (χ2v) is 2.23. The molecular formula is C8H12IN. The third kappa shape index (κ3) is 2.64. The molecule has 1 aromatic heterocycles. The summed E-state index contributed by atoms with van der Waals surface area (Å²) in [7, 11) is 2.03. The molecule has 0 bridgehead atoms. The van der Waals surface area contributed by atoms with Gasteiger partial charge in [-0.15, -0.1) is 0 Å². The lowest BCUT2D eigenvalue weighted by Crippen LogP contribution is -3.00. The van der Waals surface area contributed by atoms with E-state index in [-0.39, 0.29) is 24.0 Å². The maximum atomic E-state index is 2.16. The fourth-order valence-corrected chi connectivity index (χ4v) is 0.768. The minimum absolute atomic E-state index is 0. The predicted molar refractivity (Wildman–Crippen MR) is 37.0 cm³/mol. The summed E-state index contributed by atoms with van der Waals surface area (Å²) >= 11 is 0. The van der Waals surface area contributed by atoms with E-state index in [0.29, 0.717) is 0 Å². The summed E-state index contributed by atoms with van der Waals surface area (Å²) in [4.78, 5) is 0. The van der Waals surface area contributed by atoms with Crippen LogP contribution in [0.4, 0.5) is 0 Å². The van der Waals surface area contributed by atoms with E-state index >= 15 is 0 Å². The lowest BCUT2D eigenvalue weighted by atomic mass is 10.2. The van der Waals surface area contributed by atoms with Crippen LogP contribution in [-0.4, -0.2) is 0 Å². The van der Waals surface area contributed by atoms with Gasteiger partial charge < -0.3 is 24.0 Å². The average Bonchev–Trinajstić information content (AvgIpc) is 1.90. The first-order valence-electron chi connectivity index (χ1n) is 3.27. The zero-order chi connectivity index (χ0) is 6.69. The van der Waals surface area contributed by atoms with E-state index in [2.05, 4.69) is 31.5 Å². The van der Waals surface area contributed by atoms with Crippen LogP contribution in [0, 0.1) is 0 Å². The van der Waals surface area contributed by atoms with Gasteiger partial charge in [0.1, 0.15) is 7.05 Å². The van der Waals surface area contributed by atoms with Crippen LogP contribution in [0.2, 0.25) is 0 Å². The van der Waals surface area contributed by atoms with E-state index < -0.39 is 0 Å². The molecule has 1 rings (SSSR count). The molecule has 0 atom stereocenters. The predicted octanol–water partition coefficient (Wildman–Crippen LogP) is -1.92. The molecule has 0 N–H and O–H groups in total. The standard InChI is InChI=1S/C8H12N.HI/c1-3-8-4-6-9(2)7-5-8;/h4-7H,3H2,1-2H3;1H/q+1;/p-1. The Hall–Kier alpha value is -0.120. The second kappa shape index (κ2) is 4.66. The Kier molecular flexibility index (Phi) is 4.60. The summed E-state index contributed by atoms with van der Waals surface area (Å²) in [6.07, 6.45) is 5.26. The van der Waals surface area contributed by atoms with Gasteiger partial charge in [-0.05, 0) is 12.0 Å². The molecule has 0 saturated carbocycles. The van der Waals surface area contributed by atoms with Crippen LogP contribution in [0.3, 0.4) is 0 Å². The molecule has 56 valence electrons. The molecule has 0 aliphatic heterocycles. The monoisotopic (exact) mass is 249 g/mol. The highest BCUT2D eigenvalue weighted by molar-refractivity contribution is 5.06. The van der Waals surface area contributed by atoms with Crippen molar-refractivity contribution < 1.29 is 28.5 Å². The number of aryl methyl sites for hydroxylation is 2. The Bertz CT molecular complexity index is 181. The number of hydrogen-bond donors (Lipinski definition) is 0. The molecule has 2 heteroatoms. The van der Waals surface area contributed by atoms with E-state index in [4.69, 9.17) is 0 Å². The van der Waals surface area contributed by atoms with Crippen molar-refractivity contribution in [1.29, 1.82) is 0 Å². The van der Waals surface area contributed by atoms with Crippen molar-refractivity contribution in [2.24, 2.45) is 7.05 Å². The molecule has 0 amide bonds. The molecule has 0 unspecified atom stereocenters. The molecule has 0 fully saturated rings. The van der Waals surface area contributed by atoms with Gasteiger partial charge in [-0.25, -0.2) is 4.57 Å². The van der Waals surface area contributed by atoms with Crippen molar-refractivity contribution in [2.75, 3.05) is 0 Å². The maximum absolute atomic E-state index is 2.16. The zero-order valence-corrected chi connectivity index (χ0v) is 8.50. The van der Waals surface area contributed by atoms with Gasteiger partial charge in [0.15, 0.2) is 12.4 Å². The number of nitrogens with zero attached hydrogens (tertiary/aromatic N) is 1. The number of pyridine rings is 1. The summed E-state index contributed by atoms with van der Waals surface area (Å²) in [5, 5.41) is 0. The molecule has 1 heterocycles. The van der Waals surface area contributed by atoms with Gasteiger partial charge in [-0.3, -0.25) is 0 Å². The Labute approximate surface area is 79.1 Å². The van der Waals surface area contributed by atoms with Gasteiger partial charge >= 0.3 is 0 Å². The minimum atomic E-state index is 0. The molecule has 0 aliphatic carbocycles. The van der Waals surface area contributed by atoms with E-state index in [1.165, 1.54) is 5.56 Å². The van der Waals surface area contributed by atoms with Crippen LogP contribution in [0.15, 0.2) is 24.5 Å². The number of hydrogen-bond acceptors (Lipinski definition) is 0. The fraction of sp³-hybridized carbons (Fsp3) is 0.375. The molecule has 1 nitrogen and oxygen atoms in total. The average molecular weight is 249 g/mol. The van der Waals surface area contributed by atoms with Crippen LogP contribution >= 0.6 is 0 Å². The maximum Gasteiger partial charge on any atom is 0.168 e. The number of aromatic nitrogens is 1. The molecule has 10 heavy (non-hydrogen) atoms. The van der Waals surface area contributed by atoms with Crippen LogP contribution in [-0.2, 0) is 13.5 Å². The first-order chi connectivity index (χ1) is 4.33. The normalized spacial score (nSPS) is 8.60. The highest BCUT2D eigenvalue weighted by Gasteiger charge is 1.89. The topological polar surface area (TPSA) is 3.88 Å². The third-order valence-electron chi connectivity index (χ3n) is 1.46. The van der Waals surface area contributed by atoms with E-state index in [1.54, 1.807) is 0 Å². The highest BCUT2D eigenvalue weighted by Crippen LogP contribution is 1.93. The highest BCUT2D eigenvalue weighted by atomic mass is 127. The molecule has 0 spiro atoms. The summed E-state index contributed by atoms with van der Waals surface area (Å²) in [5.74, 6) is 0. The van der Waals surface area contributed by atoms with Gasteiger partial charge in [-0.2, -0.15) is 0 Å². The van der Waals surface area contributed by atoms with Crippen LogP contribution in [0.1, 0.15) is 12.5 Å². The lowest BCUT2D eigenvalue weighted by Gasteiger charge is -1.90. The quantitative estimate of drug-likeness (QED) is 0.403. The molecule has 0 aromatic carbocycles. The number of rotatable bonds is 1. The molecule has 1 aromatic rings. The largest absolute Gasteiger partial charge is 1.00 e. The van der Waals surface area contributed by atoms with Gasteiger partial charge in [0.25, 0.3) is 0 Å². The van der Waals surface area contributed by atoms with Crippen molar-refractivity contribution >= 4 is 0 Å². The summed E-state index contributed by atoms with van der Waals surface area (Å²) in [6.45, 7) is 2.16. The lowest BCUT2D eigenvalue weighted by molar-refractivity contribution is -0.671. The molecule has 0 radical (unpaired) electrons. The Morgan fingerprint density at radius 1 is 1.30 bits per heavy atom. The SMILES string of the molecule is CCc1cc[n+](C)cc1.[I-].